The minimum atomic E-state index is -4.72. The molecule has 1 aliphatic rings. The van der Waals surface area contributed by atoms with Crippen LogP contribution in [0.4, 0.5) is 23.7 Å². The monoisotopic (exact) mass is 360 g/mol. The molecule has 0 spiro atoms. The molecule has 1 heterocycles. The van der Waals surface area contributed by atoms with Crippen LogP contribution in [0.15, 0.2) is 24.3 Å². The fourth-order valence-corrected chi connectivity index (χ4v) is 2.65. The molecule has 1 amide bonds. The molecule has 5 nitrogen and oxygen atoms in total. The van der Waals surface area contributed by atoms with E-state index in [1.54, 1.807) is 31.7 Å². The van der Waals surface area contributed by atoms with Crippen molar-refractivity contribution in [2.75, 3.05) is 18.4 Å². The zero-order valence-electron chi connectivity index (χ0n) is 14.5. The van der Waals surface area contributed by atoms with Crippen molar-refractivity contribution >= 4 is 11.8 Å². The second-order valence-corrected chi connectivity index (χ2v) is 6.93. The van der Waals surface area contributed by atoms with E-state index < -0.39 is 12.0 Å². The minimum absolute atomic E-state index is 0.0676. The molecule has 1 atom stereocenters. The number of amides is 1. The smallest absolute Gasteiger partial charge is 0.444 e. The molecule has 25 heavy (non-hydrogen) atoms. The van der Waals surface area contributed by atoms with Crippen LogP contribution >= 0.6 is 0 Å². The predicted molar refractivity (Wildman–Crippen MR) is 87.6 cm³/mol. The molecular weight excluding hydrogens is 337 g/mol. The van der Waals surface area contributed by atoms with E-state index in [0.717, 1.165) is 12.8 Å². The fourth-order valence-electron chi connectivity index (χ4n) is 2.65. The van der Waals surface area contributed by atoms with Crippen LogP contribution in [0.1, 0.15) is 33.6 Å². The number of rotatable bonds is 4. The van der Waals surface area contributed by atoms with Gasteiger partial charge in [-0.15, -0.1) is 13.2 Å². The standard InChI is InChI=1S/C17H23F3N2O3/c1-16(2,3)25-15(23)22-9-5-7-13(22)11-21-12-6-4-8-14(10-12)24-17(18,19)20/h4,6,8,10,13,21H,5,7,9,11H2,1-3H3. The van der Waals surface area contributed by atoms with Crippen LogP contribution < -0.4 is 10.1 Å². The van der Waals surface area contributed by atoms with Gasteiger partial charge in [0, 0.05) is 24.8 Å². The molecule has 0 saturated carbocycles. The van der Waals surface area contributed by atoms with E-state index in [9.17, 15) is 18.0 Å². The van der Waals surface area contributed by atoms with Gasteiger partial charge < -0.3 is 19.7 Å². The molecule has 0 aromatic heterocycles. The second kappa shape index (κ2) is 7.41. The summed E-state index contributed by atoms with van der Waals surface area (Å²) in [5.74, 6) is -0.284. The summed E-state index contributed by atoms with van der Waals surface area (Å²) in [6, 6.07) is 5.57. The maximum absolute atomic E-state index is 12.3. The quantitative estimate of drug-likeness (QED) is 0.865. The van der Waals surface area contributed by atoms with Gasteiger partial charge in [-0.25, -0.2) is 4.79 Å². The van der Waals surface area contributed by atoms with Crippen molar-refractivity contribution in [1.29, 1.82) is 0 Å². The molecule has 1 unspecified atom stereocenters. The Morgan fingerprint density at radius 2 is 2.04 bits per heavy atom. The van der Waals surface area contributed by atoms with Crippen molar-refractivity contribution in [3.63, 3.8) is 0 Å². The Hall–Kier alpha value is -2.12. The molecule has 0 bridgehead atoms. The highest BCUT2D eigenvalue weighted by Crippen LogP contribution is 2.26. The van der Waals surface area contributed by atoms with Crippen molar-refractivity contribution in [2.45, 2.75) is 51.6 Å². The maximum atomic E-state index is 12.3. The Labute approximate surface area is 145 Å². The van der Waals surface area contributed by atoms with Gasteiger partial charge in [-0.3, -0.25) is 0 Å². The molecule has 1 aliphatic heterocycles. The molecular formula is C17H23F3N2O3. The summed E-state index contributed by atoms with van der Waals surface area (Å²) < 4.78 is 46.1. The normalized spacial score (nSPS) is 18.2. The summed E-state index contributed by atoms with van der Waals surface area (Å²) in [5.41, 5.74) is -0.0706. The van der Waals surface area contributed by atoms with Gasteiger partial charge in [0.15, 0.2) is 0 Å². The number of nitrogens with one attached hydrogen (secondary N) is 1. The highest BCUT2D eigenvalue weighted by Gasteiger charge is 2.32. The van der Waals surface area contributed by atoms with Gasteiger partial charge >= 0.3 is 12.5 Å². The number of anilines is 1. The number of ether oxygens (including phenoxy) is 2. The Balaban J connectivity index is 1.94. The number of nitrogens with zero attached hydrogens (tertiary/aromatic N) is 1. The van der Waals surface area contributed by atoms with Gasteiger partial charge in [-0.2, -0.15) is 0 Å². The lowest BCUT2D eigenvalue weighted by molar-refractivity contribution is -0.274. The number of alkyl halides is 3. The van der Waals surface area contributed by atoms with Gasteiger partial charge in [0.05, 0.1) is 6.04 Å². The number of halogens is 3. The number of carbonyl (C=O) groups excluding carboxylic acids is 1. The lowest BCUT2D eigenvalue weighted by Gasteiger charge is -2.29. The zero-order valence-corrected chi connectivity index (χ0v) is 14.5. The average molecular weight is 360 g/mol. The Bertz CT molecular complexity index is 600. The summed E-state index contributed by atoms with van der Waals surface area (Å²) in [6.45, 7) is 6.45. The summed E-state index contributed by atoms with van der Waals surface area (Å²) >= 11 is 0. The molecule has 0 radical (unpaired) electrons. The van der Waals surface area contributed by atoms with Crippen LogP contribution in [0.25, 0.3) is 0 Å². The molecule has 1 aromatic rings. The SMILES string of the molecule is CC(C)(C)OC(=O)N1CCCC1CNc1cccc(OC(F)(F)F)c1. The van der Waals surface area contributed by atoms with Gasteiger partial charge in [0.25, 0.3) is 0 Å². The van der Waals surface area contributed by atoms with E-state index in [1.165, 1.54) is 18.2 Å². The van der Waals surface area contributed by atoms with Gasteiger partial charge in [-0.1, -0.05) is 6.07 Å². The number of hydrogen-bond donors (Lipinski definition) is 1. The maximum Gasteiger partial charge on any atom is 0.573 e. The van der Waals surface area contributed by atoms with Crippen molar-refractivity contribution in [3.05, 3.63) is 24.3 Å². The minimum Gasteiger partial charge on any atom is -0.444 e. The van der Waals surface area contributed by atoms with E-state index in [0.29, 0.717) is 18.8 Å². The van der Waals surface area contributed by atoms with Crippen LogP contribution in [-0.2, 0) is 4.74 Å². The van der Waals surface area contributed by atoms with E-state index in [1.807, 2.05) is 0 Å². The summed E-state index contributed by atoms with van der Waals surface area (Å²) in [6.07, 6.45) is -3.42. The predicted octanol–water partition coefficient (Wildman–Crippen LogP) is 4.40. The van der Waals surface area contributed by atoms with E-state index >= 15 is 0 Å². The highest BCUT2D eigenvalue weighted by molar-refractivity contribution is 5.69. The van der Waals surface area contributed by atoms with Gasteiger partial charge in [-0.05, 0) is 45.7 Å². The summed E-state index contributed by atoms with van der Waals surface area (Å²) in [5, 5.41) is 3.06. The van der Waals surface area contributed by atoms with Gasteiger partial charge in [0.2, 0.25) is 0 Å². The molecule has 2 rings (SSSR count). The van der Waals surface area contributed by atoms with E-state index in [2.05, 4.69) is 10.1 Å². The fraction of sp³-hybridized carbons (Fsp3) is 0.588. The van der Waals surface area contributed by atoms with Crippen LogP contribution in [0, 0.1) is 0 Å². The lowest BCUT2D eigenvalue weighted by Crippen LogP contribution is -2.42. The third kappa shape index (κ3) is 6.36. The van der Waals surface area contributed by atoms with Crippen LogP contribution in [0.5, 0.6) is 5.75 Å². The van der Waals surface area contributed by atoms with E-state index in [4.69, 9.17) is 4.74 Å². The summed E-state index contributed by atoms with van der Waals surface area (Å²) in [7, 11) is 0. The molecule has 8 heteroatoms. The number of benzene rings is 1. The molecule has 1 fully saturated rings. The van der Waals surface area contributed by atoms with Crippen molar-refractivity contribution in [3.8, 4) is 5.75 Å². The third-order valence-corrected chi connectivity index (χ3v) is 3.61. The van der Waals surface area contributed by atoms with Crippen LogP contribution in [0.3, 0.4) is 0 Å². The Morgan fingerprint density at radius 1 is 1.32 bits per heavy atom. The number of carbonyl (C=O) groups is 1. The topological polar surface area (TPSA) is 50.8 Å². The zero-order chi connectivity index (χ0) is 18.7. The molecule has 0 aliphatic carbocycles. The largest absolute Gasteiger partial charge is 0.573 e. The Kier molecular flexibility index (Phi) is 5.69. The van der Waals surface area contributed by atoms with Crippen molar-refractivity contribution < 1.29 is 27.4 Å². The first-order valence-corrected chi connectivity index (χ1v) is 8.13. The van der Waals surface area contributed by atoms with Gasteiger partial charge in [0.1, 0.15) is 11.4 Å². The highest BCUT2D eigenvalue weighted by atomic mass is 19.4. The first-order valence-electron chi connectivity index (χ1n) is 8.13. The Morgan fingerprint density at radius 3 is 2.68 bits per heavy atom. The molecule has 1 N–H and O–H groups in total. The summed E-state index contributed by atoms with van der Waals surface area (Å²) in [4.78, 5) is 13.9. The molecule has 140 valence electrons. The first-order chi connectivity index (χ1) is 11.5. The average Bonchev–Trinajstić information content (AvgIpc) is 2.90. The first kappa shape index (κ1) is 19.2. The van der Waals surface area contributed by atoms with E-state index in [-0.39, 0.29) is 17.9 Å². The molecule has 1 saturated heterocycles. The third-order valence-electron chi connectivity index (χ3n) is 3.61. The lowest BCUT2D eigenvalue weighted by atomic mass is 10.2. The number of hydrogen-bond acceptors (Lipinski definition) is 4. The van der Waals surface area contributed by atoms with Crippen molar-refractivity contribution in [2.24, 2.45) is 0 Å². The second-order valence-electron chi connectivity index (χ2n) is 6.93. The van der Waals surface area contributed by atoms with Crippen LogP contribution in [0.2, 0.25) is 0 Å². The van der Waals surface area contributed by atoms with Crippen LogP contribution in [-0.4, -0.2) is 42.1 Å². The van der Waals surface area contributed by atoms with Crippen molar-refractivity contribution in [1.82, 2.24) is 4.90 Å². The molecule has 1 aromatic carbocycles. The number of likely N-dealkylation sites (tertiary alicyclic amines) is 1.